The van der Waals surface area contributed by atoms with Gasteiger partial charge in [0.05, 0.1) is 39.9 Å². The maximum atomic E-state index is 12.8. The normalized spacial score (nSPS) is 14.3. The number of quaternary nitrogens is 1. The highest BCUT2D eigenvalue weighted by Crippen LogP contribution is 2.38. The Morgan fingerprint density at radius 2 is 0.889 bits per heavy atom. The van der Waals surface area contributed by atoms with E-state index in [4.69, 9.17) is 9.05 Å². The number of hydrogen-bond acceptors (Lipinski definition) is 6. The van der Waals surface area contributed by atoms with Gasteiger partial charge in [0.15, 0.2) is 0 Å². The van der Waals surface area contributed by atoms with E-state index in [1.807, 2.05) is 27.2 Å². The Bertz CT molecular complexity index is 1120. The summed E-state index contributed by atoms with van der Waals surface area (Å²) in [6, 6.07) is -0.906. The van der Waals surface area contributed by atoms with Crippen LogP contribution >= 0.6 is 7.82 Å². The van der Waals surface area contributed by atoms with Crippen molar-refractivity contribution in [3.05, 3.63) is 36.5 Å². The first kappa shape index (κ1) is 61.7. The number of nitrogens with one attached hydrogen (secondary N) is 1. The second-order valence-electron chi connectivity index (χ2n) is 19.6. The van der Waals surface area contributed by atoms with Crippen LogP contribution in [0.5, 0.6) is 0 Å². The number of likely N-dealkylation sites (N-methyl/N-ethyl adjacent to an activating group) is 1. The first-order chi connectivity index (χ1) is 30.5. The molecule has 0 spiro atoms. The molecule has 0 heterocycles. The summed E-state index contributed by atoms with van der Waals surface area (Å²) in [6.07, 6.45) is 58.1. The van der Waals surface area contributed by atoms with E-state index in [1.54, 1.807) is 6.08 Å². The van der Waals surface area contributed by atoms with Crippen molar-refractivity contribution in [1.82, 2.24) is 5.32 Å². The van der Waals surface area contributed by atoms with Gasteiger partial charge >= 0.3 is 0 Å². The monoisotopic (exact) mass is 909 g/mol. The van der Waals surface area contributed by atoms with Gasteiger partial charge in [0.2, 0.25) is 5.91 Å². The summed E-state index contributed by atoms with van der Waals surface area (Å²) in [7, 11) is 1.24. The van der Waals surface area contributed by atoms with E-state index in [0.29, 0.717) is 17.4 Å². The zero-order valence-electron chi connectivity index (χ0n) is 42.3. The standard InChI is InChI=1S/C54H105N2O6P/c1-6-8-10-12-14-16-18-19-20-21-22-23-24-25-26-27-28-29-30-31-32-33-34-35-36-38-39-41-43-45-47-53(57)52(51-62-63(59,60)61-50-49-56(3,4)5)55-54(58)48-46-44-42-40-37-17-15-13-11-9-7-2/h33-34,38-39,45,47,52-53,57H,6-32,35-37,40-44,46,48-51H2,1-5H3,(H-,55,58,59,60)/b34-33+,39-38+,47-45+. The summed E-state index contributed by atoms with van der Waals surface area (Å²) in [4.78, 5) is 25.3. The van der Waals surface area contributed by atoms with Crippen molar-refractivity contribution in [1.29, 1.82) is 0 Å². The Morgan fingerprint density at radius 3 is 1.29 bits per heavy atom. The first-order valence-electron chi connectivity index (χ1n) is 26.9. The lowest BCUT2D eigenvalue weighted by atomic mass is 10.0. The highest BCUT2D eigenvalue weighted by atomic mass is 31.2. The summed E-state index contributed by atoms with van der Waals surface area (Å²) in [5.74, 6) is -0.212. The molecule has 0 saturated heterocycles. The number of aliphatic hydroxyl groups excluding tert-OH is 1. The molecule has 8 nitrogen and oxygen atoms in total. The second-order valence-corrected chi connectivity index (χ2v) is 21.0. The highest BCUT2D eigenvalue weighted by Gasteiger charge is 2.23. The molecule has 0 saturated carbocycles. The van der Waals surface area contributed by atoms with Crippen LogP contribution in [-0.4, -0.2) is 68.5 Å². The fraction of sp³-hybridized carbons (Fsp3) is 0.870. The first-order valence-corrected chi connectivity index (χ1v) is 28.3. The summed E-state index contributed by atoms with van der Waals surface area (Å²) in [5.41, 5.74) is 0. The van der Waals surface area contributed by atoms with Crippen LogP contribution in [0.3, 0.4) is 0 Å². The van der Waals surface area contributed by atoms with E-state index in [0.717, 1.165) is 44.9 Å². The highest BCUT2D eigenvalue weighted by molar-refractivity contribution is 7.45. The molecule has 0 bridgehead atoms. The number of hydrogen-bond donors (Lipinski definition) is 2. The van der Waals surface area contributed by atoms with Crippen LogP contribution in [0.4, 0.5) is 0 Å². The molecular weight excluding hydrogens is 804 g/mol. The van der Waals surface area contributed by atoms with Crippen LogP contribution in [0, 0.1) is 0 Å². The predicted molar refractivity (Wildman–Crippen MR) is 270 cm³/mol. The average Bonchev–Trinajstić information content (AvgIpc) is 3.24. The summed E-state index contributed by atoms with van der Waals surface area (Å²) in [6.45, 7) is 4.62. The van der Waals surface area contributed by atoms with Gasteiger partial charge in [-0.05, 0) is 44.9 Å². The third kappa shape index (κ3) is 48.5. The van der Waals surface area contributed by atoms with Gasteiger partial charge in [-0.15, -0.1) is 0 Å². The van der Waals surface area contributed by atoms with E-state index in [1.165, 1.54) is 186 Å². The number of aliphatic hydroxyl groups is 1. The van der Waals surface area contributed by atoms with Crippen molar-refractivity contribution in [3.8, 4) is 0 Å². The van der Waals surface area contributed by atoms with Gasteiger partial charge in [0, 0.05) is 6.42 Å². The zero-order valence-corrected chi connectivity index (χ0v) is 43.2. The Labute approximate surface area is 391 Å². The summed E-state index contributed by atoms with van der Waals surface area (Å²) < 4.78 is 23.2. The second kappa shape index (κ2) is 45.9. The van der Waals surface area contributed by atoms with Crippen LogP contribution in [0.2, 0.25) is 0 Å². The number of allylic oxidation sites excluding steroid dienone is 5. The number of rotatable bonds is 49. The summed E-state index contributed by atoms with van der Waals surface area (Å²) in [5, 5.41) is 13.8. The minimum absolute atomic E-state index is 0.00785. The maximum absolute atomic E-state index is 12.8. The number of nitrogens with zero attached hydrogens (tertiary/aromatic N) is 1. The minimum Gasteiger partial charge on any atom is -0.756 e. The van der Waals surface area contributed by atoms with Gasteiger partial charge in [-0.3, -0.25) is 9.36 Å². The number of phosphoric ester groups is 1. The number of amides is 1. The van der Waals surface area contributed by atoms with Crippen molar-refractivity contribution >= 4 is 13.7 Å². The van der Waals surface area contributed by atoms with Gasteiger partial charge in [-0.1, -0.05) is 237 Å². The number of carbonyl (C=O) groups excluding carboxylic acids is 1. The lowest BCUT2D eigenvalue weighted by Gasteiger charge is -2.29. The van der Waals surface area contributed by atoms with Crippen LogP contribution in [0.1, 0.15) is 251 Å². The van der Waals surface area contributed by atoms with E-state index >= 15 is 0 Å². The van der Waals surface area contributed by atoms with Crippen LogP contribution in [0.15, 0.2) is 36.5 Å². The van der Waals surface area contributed by atoms with E-state index in [9.17, 15) is 19.4 Å². The Hall–Kier alpha value is -1.28. The Morgan fingerprint density at radius 1 is 0.540 bits per heavy atom. The number of phosphoric acid groups is 1. The zero-order chi connectivity index (χ0) is 46.4. The van der Waals surface area contributed by atoms with E-state index in [2.05, 4.69) is 43.5 Å². The van der Waals surface area contributed by atoms with Gasteiger partial charge in [0.1, 0.15) is 13.2 Å². The van der Waals surface area contributed by atoms with E-state index < -0.39 is 26.6 Å². The molecule has 0 aromatic carbocycles. The molecule has 9 heteroatoms. The maximum Gasteiger partial charge on any atom is 0.268 e. The van der Waals surface area contributed by atoms with Crippen LogP contribution in [-0.2, 0) is 18.4 Å². The fourth-order valence-corrected chi connectivity index (χ4v) is 8.56. The largest absolute Gasteiger partial charge is 0.756 e. The third-order valence-corrected chi connectivity index (χ3v) is 13.0. The molecule has 0 radical (unpaired) electrons. The molecule has 372 valence electrons. The third-order valence-electron chi connectivity index (χ3n) is 12.1. The van der Waals surface area contributed by atoms with Gasteiger partial charge < -0.3 is 28.8 Å². The predicted octanol–water partition coefficient (Wildman–Crippen LogP) is 15.2. The Kier molecular flexibility index (Phi) is 44.9. The Balaban J connectivity index is 4.18. The molecule has 0 fully saturated rings. The average molecular weight is 909 g/mol. The lowest BCUT2D eigenvalue weighted by Crippen LogP contribution is -2.45. The van der Waals surface area contributed by atoms with E-state index in [-0.39, 0.29) is 12.5 Å². The number of unbranched alkanes of at least 4 members (excludes halogenated alkanes) is 32. The lowest BCUT2D eigenvalue weighted by molar-refractivity contribution is -0.870. The molecular formula is C54H105N2O6P. The molecule has 3 atom stereocenters. The van der Waals surface area contributed by atoms with Gasteiger partial charge in [-0.2, -0.15) is 0 Å². The van der Waals surface area contributed by atoms with Crippen LogP contribution < -0.4 is 10.2 Å². The molecule has 2 N–H and O–H groups in total. The quantitative estimate of drug-likeness (QED) is 0.0272. The van der Waals surface area contributed by atoms with Crippen molar-refractivity contribution in [2.45, 2.75) is 264 Å². The SMILES string of the molecule is CCCCCCCCCCCCCCCCCCCCCC/C=C/CC/C=C/CC/C=C/C(O)C(COP(=O)([O-])OCC[N+](C)(C)C)NC(=O)CCCCCCCCCCCCC. The van der Waals surface area contributed by atoms with Crippen LogP contribution in [0.25, 0.3) is 0 Å². The van der Waals surface area contributed by atoms with Gasteiger partial charge in [-0.25, -0.2) is 0 Å². The molecule has 0 aliphatic carbocycles. The molecule has 0 aliphatic heterocycles. The van der Waals surface area contributed by atoms with Crippen molar-refractivity contribution in [2.75, 3.05) is 40.9 Å². The smallest absolute Gasteiger partial charge is 0.268 e. The molecule has 0 rings (SSSR count). The van der Waals surface area contributed by atoms with Crippen molar-refractivity contribution in [3.63, 3.8) is 0 Å². The fourth-order valence-electron chi connectivity index (χ4n) is 7.83. The molecule has 0 aliphatic rings. The summed E-state index contributed by atoms with van der Waals surface area (Å²) >= 11 is 0. The molecule has 0 aromatic heterocycles. The van der Waals surface area contributed by atoms with Gasteiger partial charge in [0.25, 0.3) is 7.82 Å². The minimum atomic E-state index is -4.60. The molecule has 63 heavy (non-hydrogen) atoms. The van der Waals surface area contributed by atoms with Crippen molar-refractivity contribution < 1.29 is 32.9 Å². The topological polar surface area (TPSA) is 108 Å². The molecule has 1 amide bonds. The number of carbonyl (C=O) groups is 1. The molecule has 0 aromatic rings. The van der Waals surface area contributed by atoms with Crippen molar-refractivity contribution in [2.24, 2.45) is 0 Å². The molecule has 3 unspecified atom stereocenters.